The zero-order valence-electron chi connectivity index (χ0n) is 31.6. The molecule has 2 aliphatic heterocycles. The molecule has 14 nitrogen and oxygen atoms in total. The second kappa shape index (κ2) is 16.9. The van der Waals surface area contributed by atoms with Gasteiger partial charge in [-0.05, 0) is 80.8 Å². The Kier molecular flexibility index (Phi) is 12.0. The van der Waals surface area contributed by atoms with E-state index in [1.165, 1.54) is 12.7 Å². The number of urea groups is 1. The maximum atomic E-state index is 13.6. The van der Waals surface area contributed by atoms with E-state index in [-0.39, 0.29) is 35.8 Å². The van der Waals surface area contributed by atoms with Crippen molar-refractivity contribution in [2.24, 2.45) is 5.92 Å². The first-order valence-electron chi connectivity index (χ1n) is 19.2. The molecule has 1 aromatic carbocycles. The van der Waals surface area contributed by atoms with Gasteiger partial charge in [0.25, 0.3) is 0 Å². The zero-order chi connectivity index (χ0) is 37.6. The van der Waals surface area contributed by atoms with Crippen LogP contribution in [0.1, 0.15) is 125 Å². The number of benzene rings is 1. The number of imidazole rings is 2. The number of carbonyl (C=O) groups is 4. The van der Waals surface area contributed by atoms with Gasteiger partial charge < -0.3 is 40.5 Å². The number of hydrogen-bond acceptors (Lipinski definition) is 7. The molecule has 3 aromatic rings. The van der Waals surface area contributed by atoms with Crippen molar-refractivity contribution in [3.63, 3.8) is 0 Å². The van der Waals surface area contributed by atoms with E-state index in [2.05, 4.69) is 50.2 Å². The maximum absolute atomic E-state index is 13.6. The first kappa shape index (κ1) is 37.9. The third-order valence-corrected chi connectivity index (χ3v) is 11.4. The summed E-state index contributed by atoms with van der Waals surface area (Å²) in [5.41, 5.74) is 4.43. The summed E-state index contributed by atoms with van der Waals surface area (Å²) in [6.45, 7) is 7.03. The summed E-state index contributed by atoms with van der Waals surface area (Å²) in [6, 6.07) is 6.87. The number of likely N-dealkylation sites (tertiary alicyclic amines) is 2. The molecule has 5 amide bonds. The Morgan fingerprint density at radius 2 is 1.43 bits per heavy atom. The minimum Gasteiger partial charge on any atom is -0.453 e. The highest BCUT2D eigenvalue weighted by Crippen LogP contribution is 2.41. The molecule has 4 heterocycles. The Morgan fingerprint density at radius 3 is 2.04 bits per heavy atom. The van der Waals surface area contributed by atoms with Crippen molar-refractivity contribution in [3.8, 4) is 11.3 Å². The zero-order valence-corrected chi connectivity index (χ0v) is 31.6. The second-order valence-corrected chi connectivity index (χ2v) is 15.0. The van der Waals surface area contributed by atoms with Crippen LogP contribution in [0.4, 0.5) is 9.59 Å². The van der Waals surface area contributed by atoms with Crippen LogP contribution in [-0.2, 0) is 14.3 Å². The van der Waals surface area contributed by atoms with Crippen LogP contribution in [0.3, 0.4) is 0 Å². The summed E-state index contributed by atoms with van der Waals surface area (Å²) in [7, 11) is 2.85. The Balaban J connectivity index is 1.04. The summed E-state index contributed by atoms with van der Waals surface area (Å²) in [5, 5.41) is 8.03. The van der Waals surface area contributed by atoms with Crippen molar-refractivity contribution in [1.29, 1.82) is 0 Å². The van der Waals surface area contributed by atoms with Crippen molar-refractivity contribution in [3.05, 3.63) is 59.6 Å². The lowest BCUT2D eigenvalue weighted by molar-refractivity contribution is -0.135. The first-order valence-corrected chi connectivity index (χ1v) is 19.2. The minimum atomic E-state index is -0.623. The van der Waals surface area contributed by atoms with Crippen molar-refractivity contribution in [1.82, 2.24) is 45.7 Å². The van der Waals surface area contributed by atoms with Gasteiger partial charge in [0.2, 0.25) is 11.8 Å². The first-order chi connectivity index (χ1) is 25.6. The van der Waals surface area contributed by atoms with E-state index in [0.717, 1.165) is 80.0 Å². The average molecular weight is 730 g/mol. The molecule has 14 heteroatoms. The average Bonchev–Trinajstić information content (AvgIpc) is 4.02. The highest BCUT2D eigenvalue weighted by molar-refractivity contribution is 5.88. The van der Waals surface area contributed by atoms with E-state index < -0.39 is 18.2 Å². The van der Waals surface area contributed by atoms with E-state index in [1.54, 1.807) is 7.05 Å². The van der Waals surface area contributed by atoms with Crippen molar-refractivity contribution in [2.45, 2.75) is 115 Å². The predicted molar refractivity (Wildman–Crippen MR) is 200 cm³/mol. The van der Waals surface area contributed by atoms with Crippen LogP contribution < -0.4 is 16.0 Å². The lowest BCUT2D eigenvalue weighted by Crippen LogP contribution is -2.53. The summed E-state index contributed by atoms with van der Waals surface area (Å²) in [4.78, 5) is 71.0. The van der Waals surface area contributed by atoms with Gasteiger partial charge in [-0.2, -0.15) is 0 Å². The molecule has 53 heavy (non-hydrogen) atoms. The van der Waals surface area contributed by atoms with Crippen LogP contribution in [0.15, 0.2) is 36.7 Å². The molecular formula is C39H55N9O5. The van der Waals surface area contributed by atoms with Gasteiger partial charge in [0.15, 0.2) is 0 Å². The van der Waals surface area contributed by atoms with E-state index in [4.69, 9.17) is 14.7 Å². The number of alkyl carbamates (subject to hydrolysis) is 1. The third-order valence-electron chi connectivity index (χ3n) is 11.4. The molecule has 3 aliphatic rings. The van der Waals surface area contributed by atoms with Crippen molar-refractivity contribution < 1.29 is 23.9 Å². The fraction of sp³-hybridized carbons (Fsp3) is 0.590. The number of nitrogens with zero attached hydrogens (tertiary/aromatic N) is 4. The molecule has 0 unspecified atom stereocenters. The topological polar surface area (TPSA) is 177 Å². The molecule has 1 saturated carbocycles. The Morgan fingerprint density at radius 1 is 0.830 bits per heavy atom. The fourth-order valence-corrected chi connectivity index (χ4v) is 8.33. The third kappa shape index (κ3) is 8.36. The Labute approximate surface area is 311 Å². The monoisotopic (exact) mass is 729 g/mol. The van der Waals surface area contributed by atoms with Gasteiger partial charge in [-0.15, -0.1) is 0 Å². The quantitative estimate of drug-likeness (QED) is 0.169. The van der Waals surface area contributed by atoms with Gasteiger partial charge >= 0.3 is 12.1 Å². The van der Waals surface area contributed by atoms with Crippen molar-refractivity contribution in [2.75, 3.05) is 27.2 Å². The van der Waals surface area contributed by atoms with E-state index in [0.29, 0.717) is 31.3 Å². The highest BCUT2D eigenvalue weighted by Gasteiger charge is 2.38. The molecule has 1 aliphatic carbocycles. The molecule has 4 atom stereocenters. The van der Waals surface area contributed by atoms with Crippen LogP contribution in [0.2, 0.25) is 0 Å². The largest absolute Gasteiger partial charge is 0.453 e. The van der Waals surface area contributed by atoms with Gasteiger partial charge in [-0.3, -0.25) is 9.59 Å². The van der Waals surface area contributed by atoms with Crippen LogP contribution in [0.5, 0.6) is 0 Å². The number of nitrogens with one attached hydrogen (secondary N) is 5. The van der Waals surface area contributed by atoms with Gasteiger partial charge in [0.1, 0.15) is 23.7 Å². The normalized spacial score (nSPS) is 22.8. The maximum Gasteiger partial charge on any atom is 0.407 e. The lowest BCUT2D eigenvalue weighted by atomic mass is 9.77. The molecule has 5 N–H and O–H groups in total. The molecule has 0 bridgehead atoms. The Bertz CT molecular complexity index is 1730. The number of aromatic amines is 2. The van der Waals surface area contributed by atoms with Crippen LogP contribution in [0.25, 0.3) is 11.3 Å². The summed E-state index contributed by atoms with van der Waals surface area (Å²) in [5.74, 6) is 2.23. The second-order valence-electron chi connectivity index (χ2n) is 15.0. The van der Waals surface area contributed by atoms with E-state index in [9.17, 15) is 19.2 Å². The van der Waals surface area contributed by atoms with Gasteiger partial charge in [0.05, 0.1) is 31.1 Å². The number of hydrogen-bond donors (Lipinski definition) is 5. The number of carbonyl (C=O) groups excluding carboxylic acids is 4. The van der Waals surface area contributed by atoms with Crippen LogP contribution in [-0.4, -0.2) is 93.0 Å². The smallest absolute Gasteiger partial charge is 0.407 e. The number of aromatic nitrogens is 4. The number of ether oxygens (including phenoxy) is 1. The Hall–Kier alpha value is -4.88. The van der Waals surface area contributed by atoms with Crippen LogP contribution in [0, 0.1) is 5.92 Å². The summed E-state index contributed by atoms with van der Waals surface area (Å²) < 4.78 is 4.72. The molecule has 6 rings (SSSR count). The number of methoxy groups -OCH3 is 1. The van der Waals surface area contributed by atoms with E-state index in [1.807, 2.05) is 43.0 Å². The predicted octanol–water partition coefficient (Wildman–Crippen LogP) is 5.66. The molecular weight excluding hydrogens is 674 g/mol. The molecule has 2 saturated heterocycles. The lowest BCUT2D eigenvalue weighted by Gasteiger charge is -2.30. The van der Waals surface area contributed by atoms with Crippen molar-refractivity contribution >= 4 is 23.9 Å². The summed E-state index contributed by atoms with van der Waals surface area (Å²) in [6.07, 6.45) is 11.4. The van der Waals surface area contributed by atoms with Crippen LogP contribution >= 0.6 is 0 Å². The van der Waals surface area contributed by atoms with Gasteiger partial charge in [-0.25, -0.2) is 19.6 Å². The molecule has 0 radical (unpaired) electrons. The van der Waals surface area contributed by atoms with E-state index >= 15 is 0 Å². The molecule has 286 valence electrons. The number of rotatable bonds is 11. The standard InChI is InChI=1S/C39H55N9O5/c1-6-28(45-39(52)53-5)36(49)47-19-7-9-31(47)34-41-21-29(43-34)26-15-11-24(12-16-26)25-13-17-27(18-14-25)30-22-42-35(44-30)32-10-8-20-48(32)37(50)33(23(2)3)46-38(51)40-4/h13-14,17-18,21-24,26,28,31-33H,6-12,15-16,19-20H2,1-5H3,(H,41,43)(H,42,44)(H,45,52)(H2,40,46,51)/t24-,26-,28-,31-,32-,33-/m0/s1. The fourth-order valence-electron chi connectivity index (χ4n) is 8.33. The minimum absolute atomic E-state index is 0.0505. The molecule has 3 fully saturated rings. The van der Waals surface area contributed by atoms with Gasteiger partial charge in [-0.1, -0.05) is 45.0 Å². The highest BCUT2D eigenvalue weighted by atomic mass is 16.5. The number of H-pyrrole nitrogens is 2. The summed E-state index contributed by atoms with van der Waals surface area (Å²) >= 11 is 0. The van der Waals surface area contributed by atoms with Gasteiger partial charge in [0, 0.05) is 37.9 Å². The SMILES string of the molecule is CC[C@H](NC(=O)OC)C(=O)N1CCC[C@H]1c1ncc([C@H]2CC[C@H](c3ccc(-c4cnc([C@@H]5CCCN5C(=O)[C@@H](NC(=O)NC)C(C)C)[nH]4)cc3)CC2)[nH]1. The molecule has 2 aromatic heterocycles. The number of amides is 5. The molecule has 0 spiro atoms.